The quantitative estimate of drug-likeness (QED) is 0.347. The van der Waals surface area contributed by atoms with Crippen molar-refractivity contribution in [3.63, 3.8) is 0 Å². The van der Waals surface area contributed by atoms with Crippen LogP contribution in [0.1, 0.15) is 20.3 Å². The van der Waals surface area contributed by atoms with E-state index < -0.39 is 21.2 Å². The summed E-state index contributed by atoms with van der Waals surface area (Å²) in [5, 5.41) is -1.35. The first kappa shape index (κ1) is 14.1. The van der Waals surface area contributed by atoms with Gasteiger partial charge >= 0.3 is 29.6 Å². The third-order valence-corrected chi connectivity index (χ3v) is 2.53. The van der Waals surface area contributed by atoms with Crippen molar-refractivity contribution in [3.8, 4) is 0 Å². The predicted molar refractivity (Wildman–Crippen MR) is 34.5 cm³/mol. The molecule has 0 aromatic rings. The minimum Gasteiger partial charge on any atom is -0.747 e. The molecule has 0 spiro atoms. The van der Waals surface area contributed by atoms with Crippen LogP contribution < -0.4 is 29.6 Å². The molecule has 0 N–H and O–H groups in total. The van der Waals surface area contributed by atoms with E-state index in [4.69, 9.17) is 0 Å². The van der Waals surface area contributed by atoms with Crippen LogP contribution in [0.2, 0.25) is 0 Å². The summed E-state index contributed by atoms with van der Waals surface area (Å²) in [4.78, 5) is 10.4. The van der Waals surface area contributed by atoms with E-state index in [0.29, 0.717) is 0 Å². The van der Waals surface area contributed by atoms with Crippen molar-refractivity contribution in [3.05, 3.63) is 0 Å². The molecule has 6 heteroatoms. The average molecular weight is 188 g/mol. The summed E-state index contributed by atoms with van der Waals surface area (Å²) in [5.74, 6) is -0.586. The second kappa shape index (κ2) is 5.27. The second-order valence-electron chi connectivity index (χ2n) is 2.00. The van der Waals surface area contributed by atoms with E-state index in [1.54, 1.807) is 0 Å². The fraction of sp³-hybridized carbons (Fsp3) is 0.800. The molecule has 0 radical (unpaired) electrons. The van der Waals surface area contributed by atoms with Gasteiger partial charge in [0.1, 0.15) is 21.2 Å². The number of carbonyl (C=O) groups is 1. The van der Waals surface area contributed by atoms with Crippen LogP contribution in [-0.2, 0) is 14.9 Å². The van der Waals surface area contributed by atoms with Crippen LogP contribution in [0.25, 0.3) is 0 Å². The number of hydrogen-bond donors (Lipinski definition) is 0. The average Bonchev–Trinajstić information content (AvgIpc) is 1.60. The summed E-state index contributed by atoms with van der Waals surface area (Å²) in [7, 11) is -4.41. The summed E-state index contributed by atoms with van der Waals surface area (Å²) in [6, 6.07) is 0. The van der Waals surface area contributed by atoms with Gasteiger partial charge in [-0.25, -0.2) is 8.42 Å². The summed E-state index contributed by atoms with van der Waals surface area (Å²) in [6.07, 6.45) is 0.0567. The Kier molecular flexibility index (Phi) is 6.76. The zero-order valence-corrected chi connectivity index (χ0v) is 9.64. The normalized spacial score (nSPS) is 13.4. The van der Waals surface area contributed by atoms with Gasteiger partial charge in [-0.05, 0) is 13.3 Å². The smallest absolute Gasteiger partial charge is 0.747 e. The third-order valence-electron chi connectivity index (χ3n) is 1.17. The largest absolute Gasteiger partial charge is 1.00 e. The maximum Gasteiger partial charge on any atom is 1.00 e. The minimum atomic E-state index is -4.41. The van der Waals surface area contributed by atoms with Gasteiger partial charge in [0, 0.05) is 0 Å². The molecule has 0 aliphatic carbocycles. The first-order valence-electron chi connectivity index (χ1n) is 2.84. The van der Waals surface area contributed by atoms with Gasteiger partial charge in [-0.2, -0.15) is 0 Å². The summed E-state index contributed by atoms with van der Waals surface area (Å²) in [5.41, 5.74) is 0. The maximum absolute atomic E-state index is 10.4. The molecule has 0 heterocycles. The SMILES string of the molecule is CCC(C(C)=O)S(=O)(=O)[O-].[Na+]. The molecule has 0 aliphatic rings. The molecule has 0 rings (SSSR count). The van der Waals surface area contributed by atoms with E-state index in [0.717, 1.165) is 6.92 Å². The van der Waals surface area contributed by atoms with Crippen LogP contribution in [0, 0.1) is 0 Å². The molecule has 0 saturated heterocycles. The summed E-state index contributed by atoms with van der Waals surface area (Å²) >= 11 is 0. The second-order valence-corrected chi connectivity index (χ2v) is 3.55. The minimum absolute atomic E-state index is 0. The molecule has 1 unspecified atom stereocenters. The van der Waals surface area contributed by atoms with Crippen LogP contribution in [0.3, 0.4) is 0 Å². The molecule has 4 nitrogen and oxygen atoms in total. The van der Waals surface area contributed by atoms with Crippen molar-refractivity contribution >= 4 is 15.9 Å². The van der Waals surface area contributed by atoms with Crippen LogP contribution in [0.15, 0.2) is 0 Å². The molecule has 11 heavy (non-hydrogen) atoms. The molecule has 0 amide bonds. The Hall–Kier alpha value is 0.580. The molecule has 0 saturated carbocycles. The van der Waals surface area contributed by atoms with Crippen LogP contribution in [0.5, 0.6) is 0 Å². The van der Waals surface area contributed by atoms with Crippen molar-refractivity contribution in [2.75, 3.05) is 0 Å². The van der Waals surface area contributed by atoms with Gasteiger partial charge < -0.3 is 4.55 Å². The first-order chi connectivity index (χ1) is 4.39. The van der Waals surface area contributed by atoms with Crippen molar-refractivity contribution in [2.24, 2.45) is 0 Å². The summed E-state index contributed by atoms with van der Waals surface area (Å²) < 4.78 is 30.7. The van der Waals surface area contributed by atoms with Crippen molar-refractivity contribution < 1.29 is 47.3 Å². The standard InChI is InChI=1S/C5H10O4S.Na/c1-3-5(4(2)6)10(7,8)9;/h5H,3H2,1-2H3,(H,7,8,9);/q;+1/p-1. The number of hydrogen-bond acceptors (Lipinski definition) is 4. The van der Waals surface area contributed by atoms with Gasteiger partial charge in [-0.15, -0.1) is 0 Å². The number of ketones is 1. The number of carbonyl (C=O) groups excluding carboxylic acids is 1. The molecular formula is C5H9NaO4S. The van der Waals surface area contributed by atoms with E-state index >= 15 is 0 Å². The zero-order chi connectivity index (χ0) is 8.36. The Morgan fingerprint density at radius 1 is 1.55 bits per heavy atom. The van der Waals surface area contributed by atoms with E-state index in [2.05, 4.69) is 0 Å². The van der Waals surface area contributed by atoms with Gasteiger partial charge in [0.2, 0.25) is 0 Å². The fourth-order valence-corrected chi connectivity index (χ4v) is 1.51. The van der Waals surface area contributed by atoms with Crippen molar-refractivity contribution in [1.82, 2.24) is 0 Å². The molecule has 0 aliphatic heterocycles. The fourth-order valence-electron chi connectivity index (χ4n) is 0.695. The molecule has 0 fully saturated rings. The molecule has 0 aromatic carbocycles. The first-order valence-corrected chi connectivity index (χ1v) is 4.32. The van der Waals surface area contributed by atoms with Gasteiger partial charge in [0.15, 0.2) is 0 Å². The monoisotopic (exact) mass is 188 g/mol. The zero-order valence-electron chi connectivity index (χ0n) is 6.83. The molecule has 0 bridgehead atoms. The molecule has 60 valence electrons. The van der Waals surface area contributed by atoms with E-state index in [1.807, 2.05) is 0 Å². The third kappa shape index (κ3) is 4.92. The number of Topliss-reactive ketones (excluding diaryl/α,β-unsaturated/α-hetero) is 1. The van der Waals surface area contributed by atoms with Gasteiger partial charge in [0.05, 0.1) is 0 Å². The van der Waals surface area contributed by atoms with Crippen molar-refractivity contribution in [2.45, 2.75) is 25.5 Å². The molecule has 0 aromatic heterocycles. The van der Waals surface area contributed by atoms with Crippen LogP contribution in [0.4, 0.5) is 0 Å². The van der Waals surface area contributed by atoms with Crippen molar-refractivity contribution in [1.29, 1.82) is 0 Å². The molecular weight excluding hydrogens is 179 g/mol. The van der Waals surface area contributed by atoms with Gasteiger partial charge in [-0.3, -0.25) is 4.79 Å². The van der Waals surface area contributed by atoms with Gasteiger partial charge in [-0.1, -0.05) is 6.92 Å². The predicted octanol–water partition coefficient (Wildman–Crippen LogP) is -3.10. The Morgan fingerprint density at radius 3 is 1.91 bits per heavy atom. The Balaban J connectivity index is 0. The van der Waals surface area contributed by atoms with E-state index in [1.165, 1.54) is 6.92 Å². The van der Waals surface area contributed by atoms with Gasteiger partial charge in [0.25, 0.3) is 0 Å². The van der Waals surface area contributed by atoms with Crippen LogP contribution in [-0.4, -0.2) is 24.0 Å². The Labute approximate surface area is 88.4 Å². The Morgan fingerprint density at radius 2 is 1.91 bits per heavy atom. The summed E-state index contributed by atoms with van der Waals surface area (Å²) in [6.45, 7) is 2.59. The van der Waals surface area contributed by atoms with E-state index in [-0.39, 0.29) is 36.0 Å². The van der Waals surface area contributed by atoms with Crippen LogP contribution >= 0.6 is 0 Å². The molecule has 1 atom stereocenters. The number of rotatable bonds is 3. The Bertz CT molecular complexity index is 221. The maximum atomic E-state index is 10.4. The van der Waals surface area contributed by atoms with E-state index in [9.17, 15) is 17.8 Å². The topological polar surface area (TPSA) is 74.3 Å².